The van der Waals surface area contributed by atoms with Crippen molar-refractivity contribution in [3.8, 4) is 0 Å². The molecule has 0 saturated carbocycles. The molecule has 1 aromatic heterocycles. The van der Waals surface area contributed by atoms with Gasteiger partial charge in [-0.1, -0.05) is 10.9 Å². The zero-order chi connectivity index (χ0) is 17.5. The fourth-order valence-electron chi connectivity index (χ4n) is 1.58. The number of hydrazine groups is 1. The highest BCUT2D eigenvalue weighted by Gasteiger charge is 2.27. The number of carbonyl (C=O) groups is 1. The standard InChI is InChI=1S/C13H25N5O3S2/c1-10-11(22-18-16-10)12(19)17-14-8-6-5-7-9-15-23(20,21)13(2,3)4/h14-15H,5-9H2,1-4H3,(H,17,19). The van der Waals surface area contributed by atoms with Gasteiger partial charge in [-0.3, -0.25) is 10.2 Å². The second-order valence-corrected chi connectivity index (χ2v) is 9.41. The maximum atomic E-state index is 11.8. The molecule has 132 valence electrons. The maximum absolute atomic E-state index is 11.8. The van der Waals surface area contributed by atoms with Gasteiger partial charge in [0.2, 0.25) is 10.0 Å². The lowest BCUT2D eigenvalue weighted by atomic mass is 10.2. The number of unbranched alkanes of at least 4 members (excludes halogenated alkanes) is 2. The van der Waals surface area contributed by atoms with Crippen LogP contribution >= 0.6 is 11.5 Å². The van der Waals surface area contributed by atoms with Crippen molar-refractivity contribution in [1.29, 1.82) is 0 Å². The largest absolute Gasteiger partial charge is 0.287 e. The summed E-state index contributed by atoms with van der Waals surface area (Å²) < 4.78 is 29.2. The van der Waals surface area contributed by atoms with Gasteiger partial charge in [-0.05, 0) is 52.1 Å². The van der Waals surface area contributed by atoms with Crippen molar-refractivity contribution in [2.45, 2.75) is 51.7 Å². The molecule has 1 heterocycles. The molecule has 1 aromatic rings. The molecule has 10 heteroatoms. The molecule has 1 amide bonds. The highest BCUT2D eigenvalue weighted by atomic mass is 32.2. The first-order chi connectivity index (χ1) is 10.6. The SMILES string of the molecule is Cc1nnsc1C(=O)NNCCCCCNS(=O)(=O)C(C)(C)C. The first kappa shape index (κ1) is 19.9. The Hall–Kier alpha value is -1.10. The van der Waals surface area contributed by atoms with E-state index in [0.29, 0.717) is 23.7 Å². The lowest BCUT2D eigenvalue weighted by Crippen LogP contribution is -2.40. The number of nitrogens with zero attached hydrogens (tertiary/aromatic N) is 2. The monoisotopic (exact) mass is 363 g/mol. The van der Waals surface area contributed by atoms with Crippen LogP contribution in [0.2, 0.25) is 0 Å². The second kappa shape index (κ2) is 8.67. The Kier molecular flexibility index (Phi) is 7.52. The summed E-state index contributed by atoms with van der Waals surface area (Å²) >= 11 is 1.06. The molecule has 23 heavy (non-hydrogen) atoms. The molecular weight excluding hydrogens is 338 g/mol. The number of aryl methyl sites for hydroxylation is 1. The molecule has 0 atom stereocenters. The minimum atomic E-state index is -3.27. The molecule has 3 N–H and O–H groups in total. The molecule has 0 bridgehead atoms. The zero-order valence-electron chi connectivity index (χ0n) is 14.0. The van der Waals surface area contributed by atoms with Gasteiger partial charge < -0.3 is 0 Å². The molecule has 0 radical (unpaired) electrons. The first-order valence-electron chi connectivity index (χ1n) is 7.46. The van der Waals surface area contributed by atoms with Crippen molar-refractivity contribution in [2.24, 2.45) is 0 Å². The Bertz CT molecular complexity index is 607. The molecular formula is C13H25N5O3S2. The average Bonchev–Trinajstić information content (AvgIpc) is 2.86. The zero-order valence-corrected chi connectivity index (χ0v) is 15.6. The predicted octanol–water partition coefficient (Wildman–Crippen LogP) is 0.969. The molecule has 0 aliphatic heterocycles. The number of sulfonamides is 1. The highest BCUT2D eigenvalue weighted by molar-refractivity contribution is 7.90. The molecule has 0 fully saturated rings. The number of carbonyl (C=O) groups excluding carboxylic acids is 1. The van der Waals surface area contributed by atoms with Crippen molar-refractivity contribution in [3.05, 3.63) is 10.6 Å². The summed E-state index contributed by atoms with van der Waals surface area (Å²) in [6, 6.07) is 0. The average molecular weight is 364 g/mol. The lowest BCUT2D eigenvalue weighted by molar-refractivity contribution is 0.0936. The van der Waals surface area contributed by atoms with Gasteiger partial charge in [-0.2, -0.15) is 0 Å². The van der Waals surface area contributed by atoms with Gasteiger partial charge in [0.1, 0.15) is 4.88 Å². The van der Waals surface area contributed by atoms with Gasteiger partial charge in [0.25, 0.3) is 5.91 Å². The van der Waals surface area contributed by atoms with Crippen LogP contribution in [0.1, 0.15) is 55.4 Å². The third kappa shape index (κ3) is 6.50. The molecule has 0 aromatic carbocycles. The quantitative estimate of drug-likeness (QED) is 0.445. The summed E-state index contributed by atoms with van der Waals surface area (Å²) in [6.07, 6.45) is 2.44. The van der Waals surface area contributed by atoms with Crippen LogP contribution in [-0.2, 0) is 10.0 Å². The van der Waals surface area contributed by atoms with E-state index in [-0.39, 0.29) is 5.91 Å². The first-order valence-corrected chi connectivity index (χ1v) is 9.72. The summed E-state index contributed by atoms with van der Waals surface area (Å²) in [6.45, 7) is 7.78. The van der Waals surface area contributed by atoms with Crippen LogP contribution in [0.4, 0.5) is 0 Å². The van der Waals surface area contributed by atoms with Gasteiger partial charge >= 0.3 is 0 Å². The van der Waals surface area contributed by atoms with Crippen LogP contribution in [0, 0.1) is 6.92 Å². The molecule has 0 unspecified atom stereocenters. The van der Waals surface area contributed by atoms with Gasteiger partial charge in [0, 0.05) is 13.1 Å². The lowest BCUT2D eigenvalue weighted by Gasteiger charge is -2.19. The van der Waals surface area contributed by atoms with Crippen LogP contribution in [0.3, 0.4) is 0 Å². The Morgan fingerprint density at radius 1 is 1.17 bits per heavy atom. The Balaban J connectivity index is 2.09. The van der Waals surface area contributed by atoms with E-state index in [4.69, 9.17) is 0 Å². The fourth-order valence-corrected chi connectivity index (χ4v) is 2.98. The van der Waals surface area contributed by atoms with E-state index >= 15 is 0 Å². The van der Waals surface area contributed by atoms with E-state index in [0.717, 1.165) is 30.8 Å². The molecule has 0 aliphatic rings. The molecule has 0 saturated heterocycles. The number of hydrogen-bond donors (Lipinski definition) is 3. The third-order valence-corrected chi connectivity index (χ3v) is 6.16. The van der Waals surface area contributed by atoms with Crippen molar-refractivity contribution in [3.63, 3.8) is 0 Å². The number of hydrogen-bond acceptors (Lipinski definition) is 7. The van der Waals surface area contributed by atoms with E-state index in [9.17, 15) is 13.2 Å². The Morgan fingerprint density at radius 2 is 1.83 bits per heavy atom. The number of amides is 1. The minimum absolute atomic E-state index is 0.240. The van der Waals surface area contributed by atoms with Gasteiger partial charge in [0.15, 0.2) is 0 Å². The maximum Gasteiger partial charge on any atom is 0.279 e. The van der Waals surface area contributed by atoms with E-state index in [2.05, 4.69) is 25.2 Å². The second-order valence-electron chi connectivity index (χ2n) is 6.14. The number of nitrogens with one attached hydrogen (secondary N) is 3. The summed E-state index contributed by atoms with van der Waals surface area (Å²) in [5.74, 6) is -0.240. The predicted molar refractivity (Wildman–Crippen MR) is 90.6 cm³/mol. The minimum Gasteiger partial charge on any atom is -0.287 e. The van der Waals surface area contributed by atoms with Crippen LogP contribution in [0.5, 0.6) is 0 Å². The van der Waals surface area contributed by atoms with Gasteiger partial charge in [-0.25, -0.2) is 18.6 Å². The van der Waals surface area contributed by atoms with Crippen molar-refractivity contribution < 1.29 is 13.2 Å². The fraction of sp³-hybridized carbons (Fsp3) is 0.769. The Morgan fingerprint density at radius 3 is 2.39 bits per heavy atom. The van der Waals surface area contributed by atoms with E-state index in [1.807, 2.05) is 0 Å². The van der Waals surface area contributed by atoms with Gasteiger partial charge in [-0.15, -0.1) is 5.10 Å². The van der Waals surface area contributed by atoms with E-state index < -0.39 is 14.8 Å². The van der Waals surface area contributed by atoms with Crippen molar-refractivity contribution in [1.82, 2.24) is 25.2 Å². The van der Waals surface area contributed by atoms with Gasteiger partial charge in [0.05, 0.1) is 10.4 Å². The topological polar surface area (TPSA) is 113 Å². The van der Waals surface area contributed by atoms with Crippen molar-refractivity contribution >= 4 is 27.5 Å². The summed E-state index contributed by atoms with van der Waals surface area (Å²) in [5, 5.41) is 3.78. The molecule has 0 aliphatic carbocycles. The normalized spacial score (nSPS) is 12.3. The van der Waals surface area contributed by atoms with Crippen molar-refractivity contribution in [2.75, 3.05) is 13.1 Å². The van der Waals surface area contributed by atoms with Crippen LogP contribution < -0.4 is 15.6 Å². The number of aromatic nitrogens is 2. The van der Waals surface area contributed by atoms with Crippen LogP contribution in [0.15, 0.2) is 0 Å². The third-order valence-electron chi connectivity index (χ3n) is 3.14. The highest BCUT2D eigenvalue weighted by Crippen LogP contribution is 2.12. The smallest absolute Gasteiger partial charge is 0.279 e. The summed E-state index contributed by atoms with van der Waals surface area (Å²) in [4.78, 5) is 12.2. The number of rotatable bonds is 9. The van der Waals surface area contributed by atoms with E-state index in [1.165, 1.54) is 0 Å². The Labute approximate surface area is 141 Å². The van der Waals surface area contributed by atoms with E-state index in [1.54, 1.807) is 27.7 Å². The van der Waals surface area contributed by atoms with Crippen LogP contribution in [-0.4, -0.2) is 41.7 Å². The summed E-state index contributed by atoms with van der Waals surface area (Å²) in [7, 11) is -3.27. The molecule has 8 nitrogen and oxygen atoms in total. The summed E-state index contributed by atoms with van der Waals surface area (Å²) in [5.41, 5.74) is 6.05. The van der Waals surface area contributed by atoms with Crippen LogP contribution in [0.25, 0.3) is 0 Å². The molecule has 0 spiro atoms. The molecule has 1 rings (SSSR count).